The van der Waals surface area contributed by atoms with Crippen LogP contribution < -0.4 is 5.73 Å². The number of sulfone groups is 1. The summed E-state index contributed by atoms with van der Waals surface area (Å²) in [7, 11) is -0.884. The number of hydrogen-bond donors (Lipinski definition) is 1. The molecule has 1 aliphatic rings. The van der Waals surface area contributed by atoms with Crippen molar-refractivity contribution in [3.8, 4) is 0 Å². The van der Waals surface area contributed by atoms with E-state index in [1.165, 1.54) is 12.7 Å². The van der Waals surface area contributed by atoms with E-state index in [1.54, 1.807) is 0 Å². The minimum atomic E-state index is -2.87. The van der Waals surface area contributed by atoms with E-state index in [9.17, 15) is 8.42 Å². The van der Waals surface area contributed by atoms with Gasteiger partial charge in [-0.15, -0.1) is 0 Å². The van der Waals surface area contributed by atoms with Gasteiger partial charge in [0.25, 0.3) is 0 Å². The molecule has 2 atom stereocenters. The zero-order chi connectivity index (χ0) is 14.0. The van der Waals surface area contributed by atoms with Crippen molar-refractivity contribution in [3.63, 3.8) is 0 Å². The molecular weight excluding hydrogens is 248 g/mol. The van der Waals surface area contributed by atoms with Gasteiger partial charge >= 0.3 is 0 Å². The molecule has 108 valence electrons. The largest absolute Gasteiger partial charge is 0.327 e. The molecule has 1 saturated carbocycles. The summed E-state index contributed by atoms with van der Waals surface area (Å²) in [6.45, 7) is 6.09. The van der Waals surface area contributed by atoms with E-state index in [0.29, 0.717) is 17.9 Å². The molecule has 0 aromatic rings. The number of nitrogens with two attached hydrogens (primary N) is 1. The fraction of sp³-hybridized carbons (Fsp3) is 1.00. The van der Waals surface area contributed by atoms with Crippen LogP contribution in [0.2, 0.25) is 0 Å². The van der Waals surface area contributed by atoms with Crippen LogP contribution in [0.25, 0.3) is 0 Å². The van der Waals surface area contributed by atoms with Gasteiger partial charge in [-0.1, -0.05) is 13.8 Å². The summed E-state index contributed by atoms with van der Waals surface area (Å²) in [4.78, 5) is 2.10. The van der Waals surface area contributed by atoms with Crippen molar-refractivity contribution in [2.45, 2.75) is 39.2 Å². The molecule has 1 fully saturated rings. The van der Waals surface area contributed by atoms with Crippen LogP contribution in [0.4, 0.5) is 0 Å². The predicted octanol–water partition coefficient (Wildman–Crippen LogP) is 1.12. The van der Waals surface area contributed by atoms with Crippen LogP contribution in [0.5, 0.6) is 0 Å². The first kappa shape index (κ1) is 15.9. The van der Waals surface area contributed by atoms with Gasteiger partial charge in [0.1, 0.15) is 9.84 Å². The zero-order valence-electron chi connectivity index (χ0n) is 12.1. The second kappa shape index (κ2) is 5.88. The quantitative estimate of drug-likeness (QED) is 0.817. The van der Waals surface area contributed by atoms with Crippen LogP contribution >= 0.6 is 0 Å². The lowest BCUT2D eigenvalue weighted by Crippen LogP contribution is -2.44. The Labute approximate surface area is 112 Å². The van der Waals surface area contributed by atoms with E-state index in [-0.39, 0.29) is 11.8 Å². The number of hydrogen-bond acceptors (Lipinski definition) is 4. The summed E-state index contributed by atoms with van der Waals surface area (Å²) in [5, 5.41) is 0. The van der Waals surface area contributed by atoms with Gasteiger partial charge in [-0.05, 0) is 37.6 Å². The van der Waals surface area contributed by atoms with E-state index in [2.05, 4.69) is 18.7 Å². The predicted molar refractivity (Wildman–Crippen MR) is 76.3 cm³/mol. The summed E-state index contributed by atoms with van der Waals surface area (Å²) in [6.07, 6.45) is 4.70. The Morgan fingerprint density at radius 3 is 2.56 bits per heavy atom. The monoisotopic (exact) mass is 276 g/mol. The third-order valence-corrected chi connectivity index (χ3v) is 4.89. The van der Waals surface area contributed by atoms with Crippen molar-refractivity contribution in [2.24, 2.45) is 17.1 Å². The molecule has 0 aliphatic heterocycles. The molecule has 0 bridgehead atoms. The standard InChI is InChI=1S/C13H28N2O2S/c1-13(2)6-5-12(14)11(9-13)10-15(3)7-8-18(4,16)17/h11-12H,5-10,14H2,1-4H3. The maximum Gasteiger partial charge on any atom is 0.148 e. The Kier molecular flexibility index (Phi) is 5.21. The van der Waals surface area contributed by atoms with Gasteiger partial charge in [-0.3, -0.25) is 0 Å². The Morgan fingerprint density at radius 1 is 1.39 bits per heavy atom. The highest BCUT2D eigenvalue weighted by Gasteiger charge is 2.33. The molecule has 4 nitrogen and oxygen atoms in total. The summed E-state index contributed by atoms with van der Waals surface area (Å²) in [5.74, 6) is 0.716. The van der Waals surface area contributed by atoms with Crippen LogP contribution in [-0.4, -0.2) is 51.5 Å². The average molecular weight is 276 g/mol. The second-order valence-corrected chi connectivity index (χ2v) is 8.98. The van der Waals surface area contributed by atoms with E-state index >= 15 is 0 Å². The molecule has 0 aromatic carbocycles. The van der Waals surface area contributed by atoms with Crippen molar-refractivity contribution in [3.05, 3.63) is 0 Å². The summed E-state index contributed by atoms with van der Waals surface area (Å²) in [6, 6.07) is 0.263. The molecule has 1 aliphatic carbocycles. The van der Waals surface area contributed by atoms with Crippen molar-refractivity contribution < 1.29 is 8.42 Å². The fourth-order valence-corrected chi connectivity index (χ4v) is 3.41. The van der Waals surface area contributed by atoms with Crippen molar-refractivity contribution in [1.82, 2.24) is 4.90 Å². The van der Waals surface area contributed by atoms with E-state index < -0.39 is 9.84 Å². The van der Waals surface area contributed by atoms with Gasteiger partial charge in [-0.2, -0.15) is 0 Å². The first-order valence-corrected chi connectivity index (χ1v) is 8.77. The molecular formula is C13H28N2O2S. The second-order valence-electron chi connectivity index (χ2n) is 6.72. The average Bonchev–Trinajstić information content (AvgIpc) is 2.19. The Bertz CT molecular complexity index is 365. The van der Waals surface area contributed by atoms with Gasteiger partial charge in [-0.25, -0.2) is 8.42 Å². The fourth-order valence-electron chi connectivity index (χ4n) is 2.77. The Morgan fingerprint density at radius 2 is 2.00 bits per heavy atom. The van der Waals surface area contributed by atoms with E-state index in [0.717, 1.165) is 19.4 Å². The molecule has 18 heavy (non-hydrogen) atoms. The molecule has 0 spiro atoms. The molecule has 2 N–H and O–H groups in total. The van der Waals surface area contributed by atoms with Gasteiger partial charge in [0.05, 0.1) is 5.75 Å². The number of rotatable bonds is 5. The van der Waals surface area contributed by atoms with Gasteiger partial charge in [0, 0.05) is 25.4 Å². The lowest BCUT2D eigenvalue weighted by Gasteiger charge is -2.40. The minimum Gasteiger partial charge on any atom is -0.327 e. The Balaban J connectivity index is 2.45. The molecule has 0 amide bonds. The molecule has 5 heteroatoms. The molecule has 0 aromatic heterocycles. The first-order chi connectivity index (χ1) is 8.09. The van der Waals surface area contributed by atoms with Gasteiger partial charge in [0.15, 0.2) is 0 Å². The van der Waals surface area contributed by atoms with E-state index in [1.807, 2.05) is 7.05 Å². The van der Waals surface area contributed by atoms with Gasteiger partial charge < -0.3 is 10.6 Å². The highest BCUT2D eigenvalue weighted by atomic mass is 32.2. The topological polar surface area (TPSA) is 63.4 Å². The summed E-state index contributed by atoms with van der Waals surface area (Å²) >= 11 is 0. The maximum absolute atomic E-state index is 11.1. The SMILES string of the molecule is CN(CCS(C)(=O)=O)CC1CC(C)(C)CCC1N. The van der Waals surface area contributed by atoms with Crippen LogP contribution in [0.3, 0.4) is 0 Å². The van der Waals surface area contributed by atoms with Crippen molar-refractivity contribution >= 4 is 9.84 Å². The maximum atomic E-state index is 11.1. The third-order valence-electron chi connectivity index (χ3n) is 3.96. The summed E-state index contributed by atoms with van der Waals surface area (Å²) in [5.41, 5.74) is 6.56. The third kappa shape index (κ3) is 5.67. The highest BCUT2D eigenvalue weighted by molar-refractivity contribution is 7.90. The molecule has 0 saturated heterocycles. The Hall–Kier alpha value is -0.130. The smallest absolute Gasteiger partial charge is 0.148 e. The van der Waals surface area contributed by atoms with Crippen LogP contribution in [0.15, 0.2) is 0 Å². The molecule has 2 unspecified atom stereocenters. The van der Waals surface area contributed by atoms with Crippen LogP contribution in [-0.2, 0) is 9.84 Å². The zero-order valence-corrected chi connectivity index (χ0v) is 13.0. The van der Waals surface area contributed by atoms with Gasteiger partial charge in [0.2, 0.25) is 0 Å². The van der Waals surface area contributed by atoms with E-state index in [4.69, 9.17) is 5.73 Å². The first-order valence-electron chi connectivity index (χ1n) is 6.71. The van der Waals surface area contributed by atoms with Crippen LogP contribution in [0.1, 0.15) is 33.1 Å². The molecule has 0 radical (unpaired) electrons. The number of nitrogens with zero attached hydrogens (tertiary/aromatic N) is 1. The summed E-state index contributed by atoms with van der Waals surface area (Å²) < 4.78 is 22.3. The van der Waals surface area contributed by atoms with Crippen molar-refractivity contribution in [2.75, 3.05) is 32.1 Å². The van der Waals surface area contributed by atoms with Crippen LogP contribution in [0, 0.1) is 11.3 Å². The minimum absolute atomic E-state index is 0.231. The lowest BCUT2D eigenvalue weighted by molar-refractivity contribution is 0.127. The van der Waals surface area contributed by atoms with Crippen molar-refractivity contribution in [1.29, 1.82) is 0 Å². The molecule has 0 heterocycles. The molecule has 1 rings (SSSR count). The lowest BCUT2D eigenvalue weighted by atomic mass is 9.70. The normalized spacial score (nSPS) is 28.6. The highest BCUT2D eigenvalue weighted by Crippen LogP contribution is 2.38.